The Balaban J connectivity index is 1.99. The molecule has 2 aromatic rings. The third-order valence-electron chi connectivity index (χ3n) is 3.17. The molecule has 0 aliphatic rings. The predicted octanol–water partition coefficient (Wildman–Crippen LogP) is 3.74. The van der Waals surface area contributed by atoms with Gasteiger partial charge in [0.1, 0.15) is 5.82 Å². The average molecular weight is 324 g/mol. The van der Waals surface area contributed by atoms with Gasteiger partial charge >= 0.3 is 0 Å². The molecule has 7 heteroatoms. The smallest absolute Gasteiger partial charge is 0.238 e. The SMILES string of the molecule is CCC(C)n1nccc1NC(=O)C(C)Sc1nc(C)cs1. The molecule has 0 bridgehead atoms. The summed E-state index contributed by atoms with van der Waals surface area (Å²) in [6.07, 6.45) is 2.68. The van der Waals surface area contributed by atoms with Crippen molar-refractivity contribution in [2.45, 2.75) is 49.7 Å². The number of hydrogen-bond donors (Lipinski definition) is 1. The highest BCUT2D eigenvalue weighted by molar-refractivity contribution is 8.02. The van der Waals surface area contributed by atoms with Gasteiger partial charge < -0.3 is 5.32 Å². The van der Waals surface area contributed by atoms with Crippen molar-refractivity contribution in [1.82, 2.24) is 14.8 Å². The van der Waals surface area contributed by atoms with Crippen LogP contribution in [0.5, 0.6) is 0 Å². The van der Waals surface area contributed by atoms with Crippen LogP contribution in [-0.4, -0.2) is 25.9 Å². The van der Waals surface area contributed by atoms with Gasteiger partial charge in [-0.3, -0.25) is 4.79 Å². The summed E-state index contributed by atoms with van der Waals surface area (Å²) in [5.41, 5.74) is 0.991. The fourth-order valence-electron chi connectivity index (χ4n) is 1.76. The lowest BCUT2D eigenvalue weighted by Gasteiger charge is -2.15. The number of amides is 1. The topological polar surface area (TPSA) is 59.8 Å². The number of nitrogens with zero attached hydrogens (tertiary/aromatic N) is 3. The van der Waals surface area contributed by atoms with Gasteiger partial charge in [-0.15, -0.1) is 11.3 Å². The summed E-state index contributed by atoms with van der Waals surface area (Å²) >= 11 is 3.05. The van der Waals surface area contributed by atoms with E-state index in [1.807, 2.05) is 30.0 Å². The molecule has 0 spiro atoms. The first-order chi connectivity index (χ1) is 10.0. The molecule has 0 saturated heterocycles. The van der Waals surface area contributed by atoms with E-state index in [9.17, 15) is 4.79 Å². The minimum Gasteiger partial charge on any atom is -0.310 e. The van der Waals surface area contributed by atoms with Crippen LogP contribution in [0.1, 0.15) is 38.9 Å². The van der Waals surface area contributed by atoms with Gasteiger partial charge in [-0.2, -0.15) is 5.10 Å². The molecule has 5 nitrogen and oxygen atoms in total. The highest BCUT2D eigenvalue weighted by atomic mass is 32.2. The van der Waals surface area contributed by atoms with Crippen LogP contribution in [0, 0.1) is 6.92 Å². The number of thioether (sulfide) groups is 1. The van der Waals surface area contributed by atoms with E-state index >= 15 is 0 Å². The van der Waals surface area contributed by atoms with Gasteiger partial charge in [0, 0.05) is 17.1 Å². The van der Waals surface area contributed by atoms with Crippen LogP contribution in [0.15, 0.2) is 22.0 Å². The van der Waals surface area contributed by atoms with Crippen LogP contribution in [0.25, 0.3) is 0 Å². The van der Waals surface area contributed by atoms with Crippen molar-refractivity contribution < 1.29 is 4.79 Å². The van der Waals surface area contributed by atoms with Crippen molar-refractivity contribution in [3.63, 3.8) is 0 Å². The van der Waals surface area contributed by atoms with Crippen LogP contribution in [0.2, 0.25) is 0 Å². The number of aromatic nitrogens is 3. The van der Waals surface area contributed by atoms with E-state index in [1.165, 1.54) is 11.8 Å². The second-order valence-corrected chi connectivity index (χ2v) is 7.37. The summed E-state index contributed by atoms with van der Waals surface area (Å²) in [6.45, 7) is 8.02. The number of anilines is 1. The first-order valence-corrected chi connectivity index (χ1v) is 8.70. The molecule has 0 saturated carbocycles. The third kappa shape index (κ3) is 4.07. The highest BCUT2D eigenvalue weighted by Gasteiger charge is 2.18. The van der Waals surface area contributed by atoms with Gasteiger partial charge in [0.05, 0.1) is 17.5 Å². The Bertz CT molecular complexity index is 608. The minimum absolute atomic E-state index is 0.0297. The molecule has 2 rings (SSSR count). The summed E-state index contributed by atoms with van der Waals surface area (Å²) in [4.78, 5) is 16.7. The summed E-state index contributed by atoms with van der Waals surface area (Å²) in [5.74, 6) is 0.718. The fourth-order valence-corrected chi connectivity index (χ4v) is 3.74. The molecule has 0 aliphatic carbocycles. The van der Waals surface area contributed by atoms with Crippen LogP contribution in [0.4, 0.5) is 5.82 Å². The second kappa shape index (κ2) is 7.09. The zero-order chi connectivity index (χ0) is 15.4. The van der Waals surface area contributed by atoms with Crippen molar-refractivity contribution >= 4 is 34.8 Å². The maximum absolute atomic E-state index is 12.3. The summed E-state index contributed by atoms with van der Waals surface area (Å²) in [7, 11) is 0. The largest absolute Gasteiger partial charge is 0.310 e. The third-order valence-corrected chi connectivity index (χ3v) is 5.36. The Morgan fingerprint density at radius 3 is 2.90 bits per heavy atom. The number of aryl methyl sites for hydroxylation is 1. The highest BCUT2D eigenvalue weighted by Crippen LogP contribution is 2.27. The van der Waals surface area contributed by atoms with E-state index in [-0.39, 0.29) is 17.2 Å². The van der Waals surface area contributed by atoms with Gasteiger partial charge in [0.25, 0.3) is 0 Å². The fraction of sp³-hybridized carbons (Fsp3) is 0.500. The number of carbonyl (C=O) groups is 1. The Hall–Kier alpha value is -1.34. The van der Waals surface area contributed by atoms with E-state index in [2.05, 4.69) is 29.2 Å². The monoisotopic (exact) mass is 324 g/mol. The van der Waals surface area contributed by atoms with Gasteiger partial charge in [-0.05, 0) is 27.2 Å². The first-order valence-electron chi connectivity index (χ1n) is 6.94. The van der Waals surface area contributed by atoms with E-state index in [0.29, 0.717) is 0 Å². The van der Waals surface area contributed by atoms with Gasteiger partial charge in [0.2, 0.25) is 5.91 Å². The summed E-state index contributed by atoms with van der Waals surface area (Å²) in [6, 6.07) is 2.09. The van der Waals surface area contributed by atoms with Crippen LogP contribution >= 0.6 is 23.1 Å². The molecule has 2 aromatic heterocycles. The van der Waals surface area contributed by atoms with E-state index in [1.54, 1.807) is 17.5 Å². The molecule has 0 radical (unpaired) electrons. The maximum atomic E-state index is 12.3. The number of thiazole rings is 1. The van der Waals surface area contributed by atoms with Crippen LogP contribution in [-0.2, 0) is 4.79 Å². The quantitative estimate of drug-likeness (QED) is 0.822. The van der Waals surface area contributed by atoms with Crippen molar-refractivity contribution in [2.24, 2.45) is 0 Å². The minimum atomic E-state index is -0.198. The van der Waals surface area contributed by atoms with Gasteiger partial charge in [0.15, 0.2) is 4.34 Å². The molecule has 114 valence electrons. The lowest BCUT2D eigenvalue weighted by molar-refractivity contribution is -0.115. The summed E-state index contributed by atoms with van der Waals surface area (Å²) < 4.78 is 2.77. The molecule has 0 aromatic carbocycles. The van der Waals surface area contributed by atoms with Crippen molar-refractivity contribution in [3.8, 4) is 0 Å². The van der Waals surface area contributed by atoms with Crippen molar-refractivity contribution in [2.75, 3.05) is 5.32 Å². The first kappa shape index (κ1) is 16.0. The Morgan fingerprint density at radius 1 is 1.52 bits per heavy atom. The molecule has 1 amide bonds. The Labute approximate surface area is 133 Å². The zero-order valence-corrected chi connectivity index (χ0v) is 14.3. The van der Waals surface area contributed by atoms with Crippen molar-refractivity contribution in [1.29, 1.82) is 0 Å². The van der Waals surface area contributed by atoms with Crippen LogP contribution < -0.4 is 5.32 Å². The Kier molecular flexibility index (Phi) is 5.41. The molecule has 21 heavy (non-hydrogen) atoms. The number of hydrogen-bond acceptors (Lipinski definition) is 5. The van der Waals surface area contributed by atoms with Crippen molar-refractivity contribution in [3.05, 3.63) is 23.3 Å². The van der Waals surface area contributed by atoms with Gasteiger partial charge in [-0.25, -0.2) is 9.67 Å². The normalized spacial score (nSPS) is 13.9. The molecule has 0 fully saturated rings. The second-order valence-electron chi connectivity index (χ2n) is 4.92. The molecule has 1 N–H and O–H groups in total. The molecular weight excluding hydrogens is 304 g/mol. The lowest BCUT2D eigenvalue weighted by Crippen LogP contribution is -2.24. The van der Waals surface area contributed by atoms with Gasteiger partial charge in [-0.1, -0.05) is 18.7 Å². The number of carbonyl (C=O) groups excluding carboxylic acids is 1. The van der Waals surface area contributed by atoms with E-state index in [4.69, 9.17) is 0 Å². The predicted molar refractivity (Wildman–Crippen MR) is 88.0 cm³/mol. The van der Waals surface area contributed by atoms with E-state index < -0.39 is 0 Å². The van der Waals surface area contributed by atoms with Crippen LogP contribution in [0.3, 0.4) is 0 Å². The molecule has 2 atom stereocenters. The molecule has 2 unspecified atom stereocenters. The Morgan fingerprint density at radius 2 is 2.29 bits per heavy atom. The standard InChI is InChI=1S/C14H20N4OS2/c1-5-10(3)18-12(6-7-15-18)17-13(19)11(4)21-14-16-9(2)8-20-14/h6-8,10-11H,5H2,1-4H3,(H,17,19). The number of rotatable bonds is 6. The number of nitrogens with one attached hydrogen (secondary N) is 1. The maximum Gasteiger partial charge on any atom is 0.238 e. The lowest BCUT2D eigenvalue weighted by atomic mass is 10.3. The summed E-state index contributed by atoms with van der Waals surface area (Å²) in [5, 5.41) is 9.01. The molecular formula is C14H20N4OS2. The molecule has 2 heterocycles. The zero-order valence-electron chi connectivity index (χ0n) is 12.7. The average Bonchev–Trinajstić information content (AvgIpc) is 3.07. The molecule has 0 aliphatic heterocycles. The van der Waals surface area contributed by atoms with E-state index in [0.717, 1.165) is 22.3 Å².